The Kier molecular flexibility index (Phi) is 9.03. The molecule has 1 unspecified atom stereocenters. The molecule has 2 aromatic heterocycles. The van der Waals surface area contributed by atoms with Gasteiger partial charge in [0.1, 0.15) is 10.8 Å². The van der Waals surface area contributed by atoms with Gasteiger partial charge >= 0.3 is 0 Å². The second kappa shape index (κ2) is 12.1. The minimum atomic E-state index is -3.64. The fraction of sp³-hybridized carbons (Fsp3) is 0.519. The molecule has 0 radical (unpaired) electrons. The summed E-state index contributed by atoms with van der Waals surface area (Å²) in [5, 5.41) is 13.6. The first-order chi connectivity index (χ1) is 18.5. The van der Waals surface area contributed by atoms with E-state index < -0.39 is 15.1 Å². The number of piperidine rings is 1. The summed E-state index contributed by atoms with van der Waals surface area (Å²) in [6.07, 6.45) is 5.70. The molecule has 0 aliphatic carbocycles. The number of rotatable bonds is 10. The second-order valence-electron chi connectivity index (χ2n) is 10.3. The Labute approximate surface area is 235 Å². The molecule has 0 amide bonds. The van der Waals surface area contributed by atoms with Crippen LogP contribution in [-0.4, -0.2) is 52.6 Å². The lowest BCUT2D eigenvalue weighted by atomic mass is 9.87. The molecule has 1 aromatic carbocycles. The van der Waals surface area contributed by atoms with Crippen LogP contribution in [0.15, 0.2) is 29.6 Å². The summed E-state index contributed by atoms with van der Waals surface area (Å²) in [7, 11) is -1.97. The monoisotopic (exact) mass is 575 g/mol. The summed E-state index contributed by atoms with van der Waals surface area (Å²) in [6, 6.07) is 4.20. The maximum atomic E-state index is 13.1. The van der Waals surface area contributed by atoms with Crippen LogP contribution in [0.25, 0.3) is 0 Å². The van der Waals surface area contributed by atoms with Crippen molar-refractivity contribution in [3.05, 3.63) is 40.7 Å². The second-order valence-corrected chi connectivity index (χ2v) is 13.0. The third-order valence-corrected chi connectivity index (χ3v) is 9.43. The molecule has 1 fully saturated rings. The molecule has 0 saturated carbocycles. The van der Waals surface area contributed by atoms with Gasteiger partial charge in [0.05, 0.1) is 28.9 Å². The quantitative estimate of drug-likeness (QED) is 0.288. The van der Waals surface area contributed by atoms with Crippen LogP contribution < -0.4 is 20.7 Å². The summed E-state index contributed by atoms with van der Waals surface area (Å²) in [4.78, 5) is 8.92. The van der Waals surface area contributed by atoms with Crippen molar-refractivity contribution in [2.45, 2.75) is 76.2 Å². The zero-order valence-corrected chi connectivity index (χ0v) is 24.9. The van der Waals surface area contributed by atoms with Crippen molar-refractivity contribution in [2.75, 3.05) is 23.7 Å². The maximum absolute atomic E-state index is 13.1. The van der Waals surface area contributed by atoms with Gasteiger partial charge in [0.25, 0.3) is 0 Å². The molecule has 1 aliphatic heterocycles. The molecule has 3 N–H and O–H groups in total. The van der Waals surface area contributed by atoms with Gasteiger partial charge < -0.3 is 20.7 Å². The van der Waals surface area contributed by atoms with Gasteiger partial charge in [0, 0.05) is 13.2 Å². The molecule has 1 saturated heterocycles. The van der Waals surface area contributed by atoms with Crippen molar-refractivity contribution in [3.63, 3.8) is 0 Å². The van der Waals surface area contributed by atoms with Crippen molar-refractivity contribution in [1.82, 2.24) is 25.1 Å². The fourth-order valence-electron chi connectivity index (χ4n) is 4.66. The summed E-state index contributed by atoms with van der Waals surface area (Å²) in [5.41, 5.74) is 3.51. The average Bonchev–Trinajstić information content (AvgIpc) is 3.27. The van der Waals surface area contributed by atoms with E-state index in [1.165, 1.54) is 22.0 Å². The number of halogens is 1. The van der Waals surface area contributed by atoms with E-state index in [2.05, 4.69) is 50.1 Å². The molecule has 1 aliphatic rings. The number of aryl methyl sites for hydroxylation is 2. The zero-order chi connectivity index (χ0) is 28.3. The lowest BCUT2D eigenvalue weighted by Gasteiger charge is -2.26. The van der Waals surface area contributed by atoms with Gasteiger partial charge in [-0.25, -0.2) is 13.4 Å². The number of anilines is 4. The molecular formula is C27H38ClN7O3S. The molecule has 0 bridgehead atoms. The highest BCUT2D eigenvalue weighted by atomic mass is 35.5. The minimum absolute atomic E-state index is 0.0195. The smallest absolute Gasteiger partial charge is 0.229 e. The number of aromatic nitrogens is 4. The van der Waals surface area contributed by atoms with E-state index in [-0.39, 0.29) is 22.0 Å². The van der Waals surface area contributed by atoms with E-state index in [0.29, 0.717) is 24.0 Å². The highest BCUT2D eigenvalue weighted by molar-refractivity contribution is 7.92. The van der Waals surface area contributed by atoms with Gasteiger partial charge in [0.2, 0.25) is 20.8 Å². The predicted octanol–water partition coefficient (Wildman–Crippen LogP) is 5.49. The maximum Gasteiger partial charge on any atom is 0.229 e. The van der Waals surface area contributed by atoms with Gasteiger partial charge in [-0.1, -0.05) is 18.5 Å². The van der Waals surface area contributed by atoms with Crippen molar-refractivity contribution < 1.29 is 13.2 Å². The van der Waals surface area contributed by atoms with Crippen molar-refractivity contribution in [3.8, 4) is 5.75 Å². The Hall–Kier alpha value is -2.89. The Morgan fingerprint density at radius 3 is 2.56 bits per heavy atom. The number of hydrogen-bond acceptors (Lipinski definition) is 9. The van der Waals surface area contributed by atoms with E-state index in [1.54, 1.807) is 20.2 Å². The van der Waals surface area contributed by atoms with Crippen molar-refractivity contribution >= 4 is 44.6 Å². The van der Waals surface area contributed by atoms with Crippen LogP contribution in [-0.2, 0) is 16.9 Å². The van der Waals surface area contributed by atoms with Gasteiger partial charge in [-0.2, -0.15) is 10.1 Å². The van der Waals surface area contributed by atoms with Crippen LogP contribution >= 0.6 is 11.6 Å². The lowest BCUT2D eigenvalue weighted by molar-refractivity contribution is 0.243. The molecule has 1 atom stereocenters. The molecule has 0 spiro atoms. The van der Waals surface area contributed by atoms with E-state index in [1.807, 2.05) is 20.8 Å². The third-order valence-electron chi connectivity index (χ3n) is 6.92. The molecule has 10 nitrogen and oxygen atoms in total. The van der Waals surface area contributed by atoms with E-state index in [0.717, 1.165) is 37.4 Å². The number of nitrogens with zero attached hydrogens (tertiary/aromatic N) is 4. The van der Waals surface area contributed by atoms with Crippen molar-refractivity contribution in [2.24, 2.45) is 7.05 Å². The highest BCUT2D eigenvalue weighted by Crippen LogP contribution is 2.37. The van der Waals surface area contributed by atoms with Gasteiger partial charge in [0.15, 0.2) is 5.82 Å². The first-order valence-corrected chi connectivity index (χ1v) is 15.3. The van der Waals surface area contributed by atoms with Crippen molar-refractivity contribution in [1.29, 1.82) is 0 Å². The molecular weight excluding hydrogens is 538 g/mol. The minimum Gasteiger partial charge on any atom is -0.489 e. The highest BCUT2D eigenvalue weighted by Gasteiger charge is 2.29. The van der Waals surface area contributed by atoms with E-state index in [9.17, 15) is 8.42 Å². The summed E-state index contributed by atoms with van der Waals surface area (Å²) in [6.45, 7) is 11.6. The Balaban J connectivity index is 1.66. The van der Waals surface area contributed by atoms with Gasteiger partial charge in [-0.15, -0.1) is 0 Å². The Bertz CT molecular complexity index is 1420. The zero-order valence-electron chi connectivity index (χ0n) is 23.4. The first kappa shape index (κ1) is 29.1. The predicted molar refractivity (Wildman–Crippen MR) is 156 cm³/mol. The van der Waals surface area contributed by atoms with Crippen LogP contribution in [0.2, 0.25) is 5.02 Å². The molecule has 3 aromatic rings. The molecule has 12 heteroatoms. The van der Waals surface area contributed by atoms with Crippen LogP contribution in [0.3, 0.4) is 0 Å². The summed E-state index contributed by atoms with van der Waals surface area (Å²) in [5.74, 6) is 1.76. The standard InChI is InChI=1S/C27H38ClN7O3S/c1-7-18(5)39(36,37)26-23(15-35(6)34-26)31-25-21(28)14-30-27(33-25)32-22-12-17(4)20(13-24(22)38-16(2)3)19-8-10-29-11-9-19/h12-16,18-19,29H,7-11H2,1-6H3,(H2,30,31,32,33). The van der Waals surface area contributed by atoms with Gasteiger partial charge in [-0.3, -0.25) is 4.68 Å². The number of hydrogen-bond donors (Lipinski definition) is 3. The Morgan fingerprint density at radius 2 is 1.90 bits per heavy atom. The molecule has 212 valence electrons. The van der Waals surface area contributed by atoms with E-state index in [4.69, 9.17) is 16.3 Å². The normalized spacial score (nSPS) is 15.4. The Morgan fingerprint density at radius 1 is 1.18 bits per heavy atom. The first-order valence-electron chi connectivity index (χ1n) is 13.4. The number of sulfone groups is 1. The largest absolute Gasteiger partial charge is 0.489 e. The number of benzene rings is 1. The lowest BCUT2D eigenvalue weighted by Crippen LogP contribution is -2.27. The number of ether oxygens (including phenoxy) is 1. The van der Waals surface area contributed by atoms with Crippen LogP contribution in [0, 0.1) is 6.92 Å². The van der Waals surface area contributed by atoms with Crippen LogP contribution in [0.5, 0.6) is 5.75 Å². The average molecular weight is 576 g/mol. The molecule has 4 rings (SSSR count). The third kappa shape index (κ3) is 6.64. The van der Waals surface area contributed by atoms with E-state index >= 15 is 0 Å². The van der Waals surface area contributed by atoms with Crippen LogP contribution in [0.1, 0.15) is 64.0 Å². The summed E-state index contributed by atoms with van der Waals surface area (Å²) < 4.78 is 33.8. The van der Waals surface area contributed by atoms with Crippen LogP contribution in [0.4, 0.5) is 23.1 Å². The fourth-order valence-corrected chi connectivity index (χ4v) is 6.27. The van der Waals surface area contributed by atoms with Gasteiger partial charge in [-0.05, 0) is 89.2 Å². The summed E-state index contributed by atoms with van der Waals surface area (Å²) >= 11 is 6.42. The SMILES string of the molecule is CCC(C)S(=O)(=O)c1nn(C)cc1Nc1nc(Nc2cc(C)c(C3CCNCC3)cc2OC(C)C)ncc1Cl. The molecule has 39 heavy (non-hydrogen) atoms. The topological polar surface area (TPSA) is 123 Å². The molecule has 3 heterocycles. The number of nitrogens with one attached hydrogen (secondary N) is 3.